The van der Waals surface area contributed by atoms with Gasteiger partial charge >= 0.3 is 0 Å². The van der Waals surface area contributed by atoms with Crippen LogP contribution in [0.2, 0.25) is 0 Å². The molecular formula is C26H29FN2O4S. The Labute approximate surface area is 200 Å². The Bertz CT molecular complexity index is 1240. The minimum Gasteiger partial charge on any atom is -0.497 e. The van der Waals surface area contributed by atoms with Crippen molar-refractivity contribution in [3.8, 4) is 5.75 Å². The number of methoxy groups -OCH3 is 1. The molecule has 8 heteroatoms. The molecule has 3 aromatic carbocycles. The van der Waals surface area contributed by atoms with Crippen molar-refractivity contribution in [1.29, 1.82) is 0 Å². The molecule has 34 heavy (non-hydrogen) atoms. The van der Waals surface area contributed by atoms with Gasteiger partial charge in [-0.05, 0) is 79.9 Å². The molecule has 3 rings (SSSR count). The first-order chi connectivity index (χ1) is 16.1. The molecule has 0 heterocycles. The van der Waals surface area contributed by atoms with Gasteiger partial charge in [0.1, 0.15) is 18.1 Å². The van der Waals surface area contributed by atoms with E-state index in [9.17, 15) is 17.6 Å². The molecule has 1 N–H and O–H groups in total. The van der Waals surface area contributed by atoms with Gasteiger partial charge in [0.2, 0.25) is 5.91 Å². The molecule has 0 saturated heterocycles. The van der Waals surface area contributed by atoms with Gasteiger partial charge in [-0.2, -0.15) is 0 Å². The topological polar surface area (TPSA) is 75.7 Å². The van der Waals surface area contributed by atoms with Gasteiger partial charge in [-0.3, -0.25) is 9.10 Å². The first-order valence-electron chi connectivity index (χ1n) is 10.9. The first kappa shape index (κ1) is 25.2. The van der Waals surface area contributed by atoms with Crippen molar-refractivity contribution in [2.24, 2.45) is 0 Å². The third-order valence-corrected chi connectivity index (χ3v) is 7.38. The van der Waals surface area contributed by atoms with Gasteiger partial charge in [0.25, 0.3) is 10.0 Å². The monoisotopic (exact) mass is 484 g/mol. The molecule has 0 fully saturated rings. The third-order valence-electron chi connectivity index (χ3n) is 5.59. The van der Waals surface area contributed by atoms with E-state index in [1.165, 1.54) is 43.5 Å². The Balaban J connectivity index is 1.91. The summed E-state index contributed by atoms with van der Waals surface area (Å²) in [6, 6.07) is 16.6. The highest BCUT2D eigenvalue weighted by molar-refractivity contribution is 7.92. The predicted molar refractivity (Wildman–Crippen MR) is 131 cm³/mol. The van der Waals surface area contributed by atoms with E-state index in [0.29, 0.717) is 12.2 Å². The minimum atomic E-state index is -4.11. The minimum absolute atomic E-state index is 0.00755. The maximum atomic E-state index is 13.5. The third kappa shape index (κ3) is 5.75. The van der Waals surface area contributed by atoms with Crippen LogP contribution in [0.15, 0.2) is 71.6 Å². The van der Waals surface area contributed by atoms with E-state index in [-0.39, 0.29) is 16.6 Å². The molecule has 0 aromatic heterocycles. The van der Waals surface area contributed by atoms with Gasteiger partial charge in [-0.25, -0.2) is 12.8 Å². The number of carbonyl (C=O) groups is 1. The Hall–Kier alpha value is -3.39. The van der Waals surface area contributed by atoms with Gasteiger partial charge in [0.15, 0.2) is 0 Å². The molecule has 6 nitrogen and oxygen atoms in total. The molecule has 1 atom stereocenters. The Morgan fingerprint density at radius 1 is 1.03 bits per heavy atom. The summed E-state index contributed by atoms with van der Waals surface area (Å²) in [6.07, 6.45) is 0.636. The number of halogens is 1. The summed E-state index contributed by atoms with van der Waals surface area (Å²) in [5, 5.41) is 2.96. The summed E-state index contributed by atoms with van der Waals surface area (Å²) in [4.78, 5) is 13.1. The lowest BCUT2D eigenvalue weighted by Gasteiger charge is -2.26. The molecule has 0 spiro atoms. The number of amides is 1. The quantitative estimate of drug-likeness (QED) is 0.468. The fourth-order valence-corrected chi connectivity index (χ4v) is 5.21. The number of sulfonamides is 1. The first-order valence-corrected chi connectivity index (χ1v) is 12.4. The van der Waals surface area contributed by atoms with Crippen LogP contribution >= 0.6 is 0 Å². The average molecular weight is 485 g/mol. The number of ether oxygens (including phenoxy) is 1. The van der Waals surface area contributed by atoms with Crippen molar-refractivity contribution in [3.05, 3.63) is 89.2 Å². The summed E-state index contributed by atoms with van der Waals surface area (Å²) >= 11 is 0. The highest BCUT2D eigenvalue weighted by Crippen LogP contribution is 2.26. The smallest absolute Gasteiger partial charge is 0.264 e. The number of nitrogens with one attached hydrogen (secondary N) is 1. The summed E-state index contributed by atoms with van der Waals surface area (Å²) in [5.41, 5.74) is 3.34. The number of carbonyl (C=O) groups excluding carboxylic acids is 1. The Morgan fingerprint density at radius 2 is 1.68 bits per heavy atom. The zero-order valence-electron chi connectivity index (χ0n) is 19.7. The van der Waals surface area contributed by atoms with Crippen LogP contribution in [-0.2, 0) is 14.8 Å². The van der Waals surface area contributed by atoms with E-state index < -0.39 is 28.3 Å². The number of benzene rings is 3. The van der Waals surface area contributed by atoms with Crippen molar-refractivity contribution in [2.45, 2.75) is 38.1 Å². The highest BCUT2D eigenvalue weighted by Gasteiger charge is 2.28. The van der Waals surface area contributed by atoms with Crippen LogP contribution in [0.1, 0.15) is 36.1 Å². The largest absolute Gasteiger partial charge is 0.497 e. The second kappa shape index (κ2) is 10.7. The van der Waals surface area contributed by atoms with Crippen molar-refractivity contribution >= 4 is 21.6 Å². The molecule has 1 unspecified atom stereocenters. The van der Waals surface area contributed by atoms with E-state index in [1.54, 1.807) is 0 Å². The van der Waals surface area contributed by atoms with E-state index in [0.717, 1.165) is 33.1 Å². The van der Waals surface area contributed by atoms with Gasteiger partial charge < -0.3 is 10.1 Å². The molecule has 180 valence electrons. The summed E-state index contributed by atoms with van der Waals surface area (Å²) in [6.45, 7) is 5.48. The normalized spacial score (nSPS) is 12.1. The summed E-state index contributed by atoms with van der Waals surface area (Å²) in [7, 11) is -2.63. The SMILES string of the molecule is CCC(NC(=O)CN(c1ccc(F)cc1)S(=O)(=O)c1ccc(OC)cc1)c1ccc(C)cc1C. The lowest BCUT2D eigenvalue weighted by molar-refractivity contribution is -0.120. The maximum Gasteiger partial charge on any atom is 0.264 e. The van der Waals surface area contributed by atoms with Gasteiger partial charge in [-0.15, -0.1) is 0 Å². The maximum absolute atomic E-state index is 13.5. The van der Waals surface area contributed by atoms with Crippen LogP contribution in [0.5, 0.6) is 5.75 Å². The molecule has 3 aromatic rings. The lowest BCUT2D eigenvalue weighted by atomic mass is 9.97. The van der Waals surface area contributed by atoms with Crippen molar-refractivity contribution in [1.82, 2.24) is 5.32 Å². The highest BCUT2D eigenvalue weighted by atomic mass is 32.2. The van der Waals surface area contributed by atoms with Crippen molar-refractivity contribution in [3.63, 3.8) is 0 Å². The molecule has 0 aliphatic rings. The molecule has 0 saturated carbocycles. The zero-order chi connectivity index (χ0) is 24.9. The van der Waals surface area contributed by atoms with Crippen LogP contribution in [0.3, 0.4) is 0 Å². The second-order valence-electron chi connectivity index (χ2n) is 8.05. The fraction of sp³-hybridized carbons (Fsp3) is 0.269. The van der Waals surface area contributed by atoms with E-state index >= 15 is 0 Å². The lowest BCUT2D eigenvalue weighted by Crippen LogP contribution is -2.42. The molecule has 0 aliphatic carbocycles. The fourth-order valence-electron chi connectivity index (χ4n) is 3.78. The number of nitrogens with zero attached hydrogens (tertiary/aromatic N) is 1. The molecule has 0 bridgehead atoms. The Kier molecular flexibility index (Phi) is 7.94. The van der Waals surface area contributed by atoms with Crippen LogP contribution < -0.4 is 14.4 Å². The number of aryl methyl sites for hydroxylation is 2. The number of rotatable bonds is 9. The Morgan fingerprint density at radius 3 is 2.24 bits per heavy atom. The van der Waals surface area contributed by atoms with Gasteiger partial charge in [0.05, 0.1) is 23.7 Å². The van der Waals surface area contributed by atoms with E-state index in [1.807, 2.05) is 39.0 Å². The van der Waals surface area contributed by atoms with Crippen molar-refractivity contribution in [2.75, 3.05) is 18.0 Å². The summed E-state index contributed by atoms with van der Waals surface area (Å²) in [5.74, 6) is -0.464. The van der Waals surface area contributed by atoms with Gasteiger partial charge in [-0.1, -0.05) is 30.7 Å². The predicted octanol–water partition coefficient (Wildman–Crippen LogP) is 4.91. The van der Waals surface area contributed by atoms with Crippen LogP contribution in [0.4, 0.5) is 10.1 Å². The molecule has 0 radical (unpaired) electrons. The average Bonchev–Trinajstić information content (AvgIpc) is 2.82. The standard InChI is InChI=1S/C26H29FN2O4S/c1-5-25(24-15-6-18(2)16-19(24)3)28-26(30)17-29(21-9-7-20(27)8-10-21)34(31,32)23-13-11-22(33-4)12-14-23/h6-16,25H,5,17H2,1-4H3,(H,28,30). The zero-order valence-corrected chi connectivity index (χ0v) is 20.5. The number of hydrogen-bond acceptors (Lipinski definition) is 4. The van der Waals surface area contributed by atoms with Crippen LogP contribution in [0.25, 0.3) is 0 Å². The van der Waals surface area contributed by atoms with Crippen molar-refractivity contribution < 1.29 is 22.3 Å². The summed E-state index contributed by atoms with van der Waals surface area (Å²) < 4.78 is 46.6. The molecule has 0 aliphatic heterocycles. The number of hydrogen-bond donors (Lipinski definition) is 1. The molecule has 1 amide bonds. The number of anilines is 1. The van der Waals surface area contributed by atoms with E-state index in [4.69, 9.17) is 4.74 Å². The second-order valence-corrected chi connectivity index (χ2v) is 9.91. The van der Waals surface area contributed by atoms with E-state index in [2.05, 4.69) is 5.32 Å². The van der Waals surface area contributed by atoms with Crippen LogP contribution in [0, 0.1) is 19.7 Å². The van der Waals surface area contributed by atoms with Crippen LogP contribution in [-0.4, -0.2) is 28.0 Å². The van der Waals surface area contributed by atoms with Gasteiger partial charge in [0, 0.05) is 0 Å². The molecular weight excluding hydrogens is 455 g/mol.